The minimum Gasteiger partial charge on any atom is -0.507 e. The van der Waals surface area contributed by atoms with Gasteiger partial charge in [-0.2, -0.15) is 0 Å². The summed E-state index contributed by atoms with van der Waals surface area (Å²) in [4.78, 5) is 53.7. The summed E-state index contributed by atoms with van der Waals surface area (Å²) in [7, 11) is 1.50. The Hall–Kier alpha value is -2.63. The lowest BCUT2D eigenvalue weighted by molar-refractivity contribution is -0.153. The van der Waals surface area contributed by atoms with Gasteiger partial charge in [0.2, 0.25) is 17.7 Å². The van der Waals surface area contributed by atoms with Crippen molar-refractivity contribution >= 4 is 46.3 Å². The van der Waals surface area contributed by atoms with E-state index in [1.165, 1.54) is 18.0 Å². The van der Waals surface area contributed by atoms with Gasteiger partial charge in [0.25, 0.3) is 0 Å². The normalized spacial score (nSPS) is 30.3. The predicted molar refractivity (Wildman–Crippen MR) is 153 cm³/mol. The number of halogens is 1. The van der Waals surface area contributed by atoms with Crippen LogP contribution in [0.1, 0.15) is 59.9 Å². The fourth-order valence-corrected chi connectivity index (χ4v) is 5.20. The molecule has 0 aliphatic carbocycles. The Morgan fingerprint density at radius 2 is 1.66 bits per heavy atom. The van der Waals surface area contributed by atoms with E-state index in [1.807, 2.05) is 50.3 Å². The summed E-state index contributed by atoms with van der Waals surface area (Å²) in [6, 6.07) is 2.17. The van der Waals surface area contributed by atoms with Gasteiger partial charge in [0, 0.05) is 19.4 Å². The second-order valence-corrected chi connectivity index (χ2v) is 11.7. The van der Waals surface area contributed by atoms with Crippen molar-refractivity contribution in [1.29, 1.82) is 0 Å². The first-order valence-corrected chi connectivity index (χ1v) is 14.0. The molecule has 0 unspecified atom stereocenters. The van der Waals surface area contributed by atoms with Crippen molar-refractivity contribution in [2.24, 2.45) is 11.8 Å². The third kappa shape index (κ3) is 8.99. The van der Waals surface area contributed by atoms with Crippen molar-refractivity contribution in [2.75, 3.05) is 7.05 Å². The molecule has 0 bridgehead atoms. The number of aromatic hydroxyl groups is 1. The van der Waals surface area contributed by atoms with Crippen molar-refractivity contribution in [2.45, 2.75) is 85.0 Å². The van der Waals surface area contributed by atoms with E-state index in [2.05, 4.69) is 16.7 Å². The number of hydrogen-bond donors (Lipinski definition) is 3. The minimum absolute atomic E-state index is 0.114. The number of amides is 3. The molecule has 10 heteroatoms. The van der Waals surface area contributed by atoms with E-state index in [4.69, 9.17) is 4.74 Å². The zero-order chi connectivity index (χ0) is 28.7. The predicted octanol–water partition coefficient (Wildman–Crippen LogP) is 3.32. The molecule has 1 aliphatic heterocycles. The number of phenolic OH excluding ortho intramolecular Hbond substituents is 1. The molecule has 0 radical (unpaired) electrons. The molecular formula is C28H40IN3O6. The zero-order valence-electron chi connectivity index (χ0n) is 23.2. The first kappa shape index (κ1) is 31.6. The maximum absolute atomic E-state index is 13.4. The molecule has 38 heavy (non-hydrogen) atoms. The standard InChI is InChI=1S/C28H40IN3O6/c1-15-10-16(2)12-18(4)38-28(37)20(6)31-26(35)23(14-21-8-9-24(33)22(29)13-21)32(7)27(36)19(5)30-25(34)17(3)11-15/h8-10,13,16-20,23,33H,11-12,14H2,1-7H3,(H,30,34)(H,31,35)/b15-10+/t16-,17-,18-,19-,20-,23+/m0/s1. The molecule has 210 valence electrons. The van der Waals surface area contributed by atoms with Crippen LogP contribution in [0.3, 0.4) is 0 Å². The first-order chi connectivity index (χ1) is 17.7. The van der Waals surface area contributed by atoms with Crippen LogP contribution < -0.4 is 10.6 Å². The molecule has 1 aromatic carbocycles. The van der Waals surface area contributed by atoms with Crippen LogP contribution in [0.2, 0.25) is 0 Å². The molecule has 0 saturated heterocycles. The summed E-state index contributed by atoms with van der Waals surface area (Å²) in [6.07, 6.45) is 2.96. The molecule has 2 rings (SSSR count). The summed E-state index contributed by atoms with van der Waals surface area (Å²) in [5.74, 6) is -1.89. The van der Waals surface area contributed by atoms with E-state index in [1.54, 1.807) is 26.0 Å². The molecule has 1 aromatic rings. The monoisotopic (exact) mass is 641 g/mol. The van der Waals surface area contributed by atoms with Crippen LogP contribution >= 0.6 is 22.6 Å². The highest BCUT2D eigenvalue weighted by Crippen LogP contribution is 2.22. The molecular weight excluding hydrogens is 601 g/mol. The number of esters is 1. The smallest absolute Gasteiger partial charge is 0.328 e. The molecule has 0 spiro atoms. The van der Waals surface area contributed by atoms with Gasteiger partial charge in [0.05, 0.1) is 9.67 Å². The quantitative estimate of drug-likeness (QED) is 0.259. The minimum atomic E-state index is -0.976. The van der Waals surface area contributed by atoms with Gasteiger partial charge in [-0.05, 0) is 86.7 Å². The molecule has 0 fully saturated rings. The highest BCUT2D eigenvalue weighted by molar-refractivity contribution is 14.1. The summed E-state index contributed by atoms with van der Waals surface area (Å²) in [5.41, 5.74) is 1.76. The van der Waals surface area contributed by atoms with Crippen molar-refractivity contribution < 1.29 is 29.0 Å². The van der Waals surface area contributed by atoms with Gasteiger partial charge in [-0.1, -0.05) is 31.6 Å². The SMILES string of the molecule is C/C1=C\[C@H](C)C[C@H](C)OC(=O)[C@H](C)NC(=O)[C@@H](Cc2ccc(O)c(I)c2)N(C)C(=O)[C@H](C)NC(=O)[C@@H](C)C1. The molecule has 3 N–H and O–H groups in total. The molecule has 9 nitrogen and oxygen atoms in total. The van der Waals surface area contributed by atoms with Gasteiger partial charge in [0.15, 0.2) is 0 Å². The number of nitrogens with one attached hydrogen (secondary N) is 2. The van der Waals surface area contributed by atoms with Crippen molar-refractivity contribution in [3.63, 3.8) is 0 Å². The zero-order valence-corrected chi connectivity index (χ0v) is 25.4. The average Bonchev–Trinajstić information content (AvgIpc) is 2.82. The fourth-order valence-electron chi connectivity index (χ4n) is 4.62. The van der Waals surface area contributed by atoms with Crippen LogP contribution in [0.25, 0.3) is 0 Å². The Morgan fingerprint density at radius 3 is 2.29 bits per heavy atom. The molecule has 0 saturated carbocycles. The number of nitrogens with zero attached hydrogens (tertiary/aromatic N) is 1. The largest absolute Gasteiger partial charge is 0.507 e. The molecule has 1 heterocycles. The lowest BCUT2D eigenvalue weighted by atomic mass is 9.95. The van der Waals surface area contributed by atoms with Crippen molar-refractivity contribution in [3.05, 3.63) is 39.0 Å². The Labute approximate surface area is 238 Å². The summed E-state index contributed by atoms with van der Waals surface area (Å²) < 4.78 is 6.20. The van der Waals surface area contributed by atoms with Crippen LogP contribution in [0.4, 0.5) is 0 Å². The van der Waals surface area contributed by atoms with Crippen molar-refractivity contribution in [1.82, 2.24) is 15.5 Å². The van der Waals surface area contributed by atoms with E-state index in [-0.39, 0.29) is 36.0 Å². The topological polar surface area (TPSA) is 125 Å². The van der Waals surface area contributed by atoms with E-state index < -0.39 is 35.9 Å². The third-order valence-electron chi connectivity index (χ3n) is 6.67. The summed E-state index contributed by atoms with van der Waals surface area (Å²) in [5, 5.41) is 15.4. The van der Waals surface area contributed by atoms with Gasteiger partial charge in [-0.3, -0.25) is 14.4 Å². The number of hydrogen-bond acceptors (Lipinski definition) is 6. The number of phenols is 1. The molecule has 6 atom stereocenters. The van der Waals surface area contributed by atoms with Crippen LogP contribution in [0, 0.1) is 15.4 Å². The van der Waals surface area contributed by atoms with Crippen molar-refractivity contribution in [3.8, 4) is 5.75 Å². The lowest BCUT2D eigenvalue weighted by Gasteiger charge is -2.31. The van der Waals surface area contributed by atoms with Crippen LogP contribution in [-0.2, 0) is 30.3 Å². The van der Waals surface area contributed by atoms with E-state index >= 15 is 0 Å². The number of carbonyl (C=O) groups excluding carboxylic acids is 4. The first-order valence-electron chi connectivity index (χ1n) is 12.9. The van der Waals surface area contributed by atoms with Gasteiger partial charge in [0.1, 0.15) is 23.9 Å². The maximum Gasteiger partial charge on any atom is 0.328 e. The number of allylic oxidation sites excluding steroid dienone is 2. The van der Waals surface area contributed by atoms with Gasteiger partial charge < -0.3 is 25.4 Å². The Balaban J connectivity index is 2.40. The Kier molecular flexibility index (Phi) is 11.6. The second kappa shape index (κ2) is 14.0. The van der Waals surface area contributed by atoms with Crippen LogP contribution in [0.5, 0.6) is 5.75 Å². The van der Waals surface area contributed by atoms with E-state index in [0.717, 1.165) is 11.1 Å². The second-order valence-electron chi connectivity index (χ2n) is 10.5. The van der Waals surface area contributed by atoms with Gasteiger partial charge in [-0.15, -0.1) is 0 Å². The Bertz CT molecular complexity index is 1070. The molecule has 1 aliphatic rings. The molecule has 0 aromatic heterocycles. The van der Waals surface area contributed by atoms with Gasteiger partial charge in [-0.25, -0.2) is 4.79 Å². The van der Waals surface area contributed by atoms with Crippen LogP contribution in [-0.4, -0.2) is 65.0 Å². The van der Waals surface area contributed by atoms with Crippen LogP contribution in [0.15, 0.2) is 29.8 Å². The van der Waals surface area contributed by atoms with E-state index in [0.29, 0.717) is 16.4 Å². The lowest BCUT2D eigenvalue weighted by Crippen LogP contribution is -2.56. The van der Waals surface area contributed by atoms with Gasteiger partial charge >= 0.3 is 5.97 Å². The average molecular weight is 642 g/mol. The van der Waals surface area contributed by atoms with E-state index in [9.17, 15) is 24.3 Å². The number of benzene rings is 1. The Morgan fingerprint density at radius 1 is 1.03 bits per heavy atom. The number of cyclic esters (lactones) is 1. The number of carbonyl (C=O) groups is 4. The third-order valence-corrected chi connectivity index (χ3v) is 7.53. The molecule has 3 amide bonds. The summed E-state index contributed by atoms with van der Waals surface area (Å²) in [6.45, 7) is 10.7. The highest BCUT2D eigenvalue weighted by Gasteiger charge is 2.33. The highest BCUT2D eigenvalue weighted by atomic mass is 127. The summed E-state index contributed by atoms with van der Waals surface area (Å²) >= 11 is 1.99. The number of ether oxygens (including phenoxy) is 1. The maximum atomic E-state index is 13.4. The number of likely N-dealkylation sites (N-methyl/N-ethyl adjacent to an activating group) is 1. The number of rotatable bonds is 2. The fraction of sp³-hybridized carbons (Fsp3) is 0.571.